The van der Waals surface area contributed by atoms with Crippen LogP contribution >= 0.6 is 11.3 Å². The molecule has 2 rings (SSSR count). The highest BCUT2D eigenvalue weighted by Crippen LogP contribution is 2.28. The molecule has 0 amide bonds. The minimum atomic E-state index is -0.741. The van der Waals surface area contributed by atoms with Gasteiger partial charge in [-0.2, -0.15) is 0 Å². The van der Waals surface area contributed by atoms with E-state index in [9.17, 15) is 14.4 Å². The highest BCUT2D eigenvalue weighted by atomic mass is 32.1. The number of ether oxygens (including phenoxy) is 2. The van der Waals surface area contributed by atoms with Crippen molar-refractivity contribution in [2.45, 2.75) is 47.1 Å². The predicted octanol–water partition coefficient (Wildman–Crippen LogP) is 3.09. The van der Waals surface area contributed by atoms with Crippen molar-refractivity contribution in [3.8, 4) is 0 Å². The minimum Gasteiger partial charge on any atom is -0.464 e. The number of hydrogen-bond acceptors (Lipinski definition) is 7. The van der Waals surface area contributed by atoms with Gasteiger partial charge in [0.25, 0.3) is 5.56 Å². The molecule has 0 aliphatic rings. The maximum Gasteiger partial charge on any atom is 0.348 e. The Kier molecular flexibility index (Phi) is 6.52. The second-order valence-corrected chi connectivity index (χ2v) is 7.36. The first-order chi connectivity index (χ1) is 12.3. The van der Waals surface area contributed by atoms with Crippen molar-refractivity contribution in [1.82, 2.24) is 9.55 Å². The van der Waals surface area contributed by atoms with Crippen molar-refractivity contribution in [2.24, 2.45) is 5.92 Å². The first-order valence-electron chi connectivity index (χ1n) is 8.65. The molecule has 0 aliphatic heterocycles. The van der Waals surface area contributed by atoms with Crippen LogP contribution in [0, 0.1) is 12.8 Å². The number of hydrogen-bond donors (Lipinski definition) is 0. The molecule has 2 heterocycles. The zero-order valence-corrected chi connectivity index (χ0v) is 16.5. The summed E-state index contributed by atoms with van der Waals surface area (Å²) in [7, 11) is 0. The van der Waals surface area contributed by atoms with E-state index >= 15 is 0 Å². The molecule has 0 radical (unpaired) electrons. The Labute approximate surface area is 155 Å². The van der Waals surface area contributed by atoms with Crippen molar-refractivity contribution in [2.75, 3.05) is 13.2 Å². The summed E-state index contributed by atoms with van der Waals surface area (Å²) >= 11 is 1.13. The summed E-state index contributed by atoms with van der Waals surface area (Å²) < 4.78 is 11.6. The zero-order valence-electron chi connectivity index (χ0n) is 15.7. The fourth-order valence-electron chi connectivity index (χ4n) is 2.58. The van der Waals surface area contributed by atoms with Crippen LogP contribution in [0.5, 0.6) is 0 Å². The standard InChI is InChI=1S/C18H24N2O5S/c1-6-12(17(22)24-7-2)20-9-19-15-13(16(20)21)11(5)14(26-15)18(23)25-8-10(3)4/h9-10,12H,6-8H2,1-5H3/t12-/m0/s1. The van der Waals surface area contributed by atoms with E-state index in [2.05, 4.69) is 4.98 Å². The van der Waals surface area contributed by atoms with Crippen LogP contribution in [-0.2, 0) is 14.3 Å². The van der Waals surface area contributed by atoms with Crippen LogP contribution in [0.25, 0.3) is 10.2 Å². The smallest absolute Gasteiger partial charge is 0.348 e. The maximum atomic E-state index is 12.9. The van der Waals surface area contributed by atoms with Gasteiger partial charge in [-0.05, 0) is 31.7 Å². The quantitative estimate of drug-likeness (QED) is 0.686. The van der Waals surface area contributed by atoms with Crippen LogP contribution in [0.15, 0.2) is 11.1 Å². The molecule has 0 aliphatic carbocycles. The Balaban J connectivity index is 2.48. The van der Waals surface area contributed by atoms with Gasteiger partial charge < -0.3 is 9.47 Å². The van der Waals surface area contributed by atoms with Gasteiger partial charge in [0.15, 0.2) is 0 Å². The Morgan fingerprint density at radius 1 is 1.27 bits per heavy atom. The van der Waals surface area contributed by atoms with Crippen molar-refractivity contribution >= 4 is 33.5 Å². The first-order valence-corrected chi connectivity index (χ1v) is 9.47. The molecule has 1 atom stereocenters. The number of thiophene rings is 1. The maximum absolute atomic E-state index is 12.9. The minimum absolute atomic E-state index is 0.221. The van der Waals surface area contributed by atoms with Crippen molar-refractivity contribution < 1.29 is 19.1 Å². The number of esters is 2. The number of carbonyl (C=O) groups excluding carboxylic acids is 2. The van der Waals surface area contributed by atoms with Gasteiger partial charge in [-0.15, -0.1) is 11.3 Å². The molecule has 0 saturated heterocycles. The van der Waals surface area contributed by atoms with Crippen molar-refractivity contribution in [3.05, 3.63) is 27.1 Å². The van der Waals surface area contributed by atoms with E-state index in [4.69, 9.17) is 9.47 Å². The van der Waals surface area contributed by atoms with Crippen LogP contribution in [0.4, 0.5) is 0 Å². The number of rotatable bonds is 7. The Bertz CT molecular complexity index is 868. The van der Waals surface area contributed by atoms with Gasteiger partial charge in [-0.1, -0.05) is 20.8 Å². The summed E-state index contributed by atoms with van der Waals surface area (Å²) in [4.78, 5) is 42.5. The lowest BCUT2D eigenvalue weighted by atomic mass is 10.2. The van der Waals surface area contributed by atoms with E-state index in [0.29, 0.717) is 33.7 Å². The SMILES string of the molecule is CCOC(=O)[C@H](CC)n1cnc2sc(C(=O)OCC(C)C)c(C)c2c1=O. The number of carbonyl (C=O) groups is 2. The molecule has 0 fully saturated rings. The molecule has 0 bridgehead atoms. The van der Waals surface area contributed by atoms with Crippen molar-refractivity contribution in [3.63, 3.8) is 0 Å². The third kappa shape index (κ3) is 3.95. The van der Waals surface area contributed by atoms with Gasteiger partial charge in [0.1, 0.15) is 15.7 Å². The summed E-state index contributed by atoms with van der Waals surface area (Å²) in [5, 5.41) is 0.344. The number of aryl methyl sites for hydroxylation is 1. The highest BCUT2D eigenvalue weighted by Gasteiger charge is 2.25. The van der Waals surface area contributed by atoms with Crippen LogP contribution in [0.2, 0.25) is 0 Å². The number of fused-ring (bicyclic) bond motifs is 1. The fourth-order valence-corrected chi connectivity index (χ4v) is 3.61. The van der Waals surface area contributed by atoms with Gasteiger partial charge in [-0.3, -0.25) is 9.36 Å². The van der Waals surface area contributed by atoms with Crippen LogP contribution in [0.3, 0.4) is 0 Å². The molecule has 142 valence electrons. The lowest BCUT2D eigenvalue weighted by Gasteiger charge is -2.16. The van der Waals surface area contributed by atoms with E-state index in [1.54, 1.807) is 20.8 Å². The third-order valence-corrected chi connectivity index (χ3v) is 5.07. The van der Waals surface area contributed by atoms with E-state index < -0.39 is 18.0 Å². The summed E-state index contributed by atoms with van der Waals surface area (Å²) in [6, 6.07) is -0.741. The van der Waals surface area contributed by atoms with Crippen LogP contribution in [-0.4, -0.2) is 34.7 Å². The van der Waals surface area contributed by atoms with Crippen molar-refractivity contribution in [1.29, 1.82) is 0 Å². The zero-order chi connectivity index (χ0) is 19.4. The third-order valence-electron chi connectivity index (χ3n) is 3.89. The molecule has 2 aromatic heterocycles. The molecule has 7 nitrogen and oxygen atoms in total. The summed E-state index contributed by atoms with van der Waals surface area (Å²) in [5.41, 5.74) is 0.177. The average Bonchev–Trinajstić information content (AvgIpc) is 2.93. The van der Waals surface area contributed by atoms with Gasteiger partial charge in [0.05, 0.1) is 24.9 Å². The Hall–Kier alpha value is -2.22. The lowest BCUT2D eigenvalue weighted by Crippen LogP contribution is -2.31. The van der Waals surface area contributed by atoms with Crippen LogP contribution < -0.4 is 5.56 Å². The second kappa shape index (κ2) is 8.44. The van der Waals surface area contributed by atoms with Gasteiger partial charge in [-0.25, -0.2) is 14.6 Å². The largest absolute Gasteiger partial charge is 0.464 e. The molecule has 0 spiro atoms. The van der Waals surface area contributed by atoms with Crippen LogP contribution in [0.1, 0.15) is 55.4 Å². The predicted molar refractivity (Wildman–Crippen MR) is 99.7 cm³/mol. The monoisotopic (exact) mass is 380 g/mol. The van der Waals surface area contributed by atoms with E-state index in [1.807, 2.05) is 13.8 Å². The second-order valence-electron chi connectivity index (χ2n) is 6.36. The topological polar surface area (TPSA) is 87.5 Å². The molecule has 0 unspecified atom stereocenters. The average molecular weight is 380 g/mol. The molecular formula is C18H24N2O5S. The molecule has 0 saturated carbocycles. The Morgan fingerprint density at radius 2 is 1.96 bits per heavy atom. The normalized spacial score (nSPS) is 12.4. The first kappa shape index (κ1) is 20.1. The fraction of sp³-hybridized carbons (Fsp3) is 0.556. The van der Waals surface area contributed by atoms with E-state index in [1.165, 1.54) is 10.9 Å². The summed E-state index contributed by atoms with van der Waals surface area (Å²) in [6.45, 7) is 9.66. The Morgan fingerprint density at radius 3 is 2.54 bits per heavy atom. The molecule has 0 N–H and O–H groups in total. The molecule has 0 aromatic carbocycles. The van der Waals surface area contributed by atoms with E-state index in [-0.39, 0.29) is 18.1 Å². The summed E-state index contributed by atoms with van der Waals surface area (Å²) in [5.74, 6) is -0.704. The van der Waals surface area contributed by atoms with Gasteiger partial charge >= 0.3 is 11.9 Å². The molecular weight excluding hydrogens is 356 g/mol. The van der Waals surface area contributed by atoms with Gasteiger partial charge in [0, 0.05) is 0 Å². The molecule has 26 heavy (non-hydrogen) atoms. The number of nitrogens with zero attached hydrogens (tertiary/aromatic N) is 2. The van der Waals surface area contributed by atoms with Gasteiger partial charge in [0.2, 0.25) is 0 Å². The highest BCUT2D eigenvalue weighted by molar-refractivity contribution is 7.20. The molecule has 2 aromatic rings. The molecule has 8 heteroatoms. The summed E-state index contributed by atoms with van der Waals surface area (Å²) in [6.07, 6.45) is 1.74. The lowest BCUT2D eigenvalue weighted by molar-refractivity contribution is -0.147. The number of aromatic nitrogens is 2. The van der Waals surface area contributed by atoms with E-state index in [0.717, 1.165) is 11.3 Å².